The highest BCUT2D eigenvalue weighted by Gasteiger charge is 2.39. The van der Waals surface area contributed by atoms with Crippen molar-refractivity contribution in [2.45, 2.75) is 44.8 Å². The summed E-state index contributed by atoms with van der Waals surface area (Å²) in [5.74, 6) is -0.837. The van der Waals surface area contributed by atoms with E-state index in [-0.39, 0.29) is 43.5 Å². The van der Waals surface area contributed by atoms with Gasteiger partial charge in [-0.15, -0.1) is 24.8 Å². The lowest BCUT2D eigenvalue weighted by molar-refractivity contribution is -0.143. The fourth-order valence-electron chi connectivity index (χ4n) is 5.56. The molecule has 2 atom stereocenters. The number of halogens is 8. The van der Waals surface area contributed by atoms with Crippen molar-refractivity contribution >= 4 is 30.7 Å². The lowest BCUT2D eigenvalue weighted by Crippen LogP contribution is -2.57. The number of carbonyl (C=O) groups excluding carboxylic acids is 1. The molecule has 0 aliphatic carbocycles. The monoisotopic (exact) mass is 673 g/mol. The van der Waals surface area contributed by atoms with E-state index in [4.69, 9.17) is 9.47 Å². The third-order valence-electron chi connectivity index (χ3n) is 8.01. The molecule has 0 spiro atoms. The van der Waals surface area contributed by atoms with Crippen molar-refractivity contribution in [2.75, 3.05) is 66.1 Å². The molecule has 0 aromatic heterocycles. The lowest BCUT2D eigenvalue weighted by Gasteiger charge is -2.43. The second kappa shape index (κ2) is 16.0. The summed E-state index contributed by atoms with van der Waals surface area (Å²) in [7, 11) is 1.63. The number of nitrogens with zero attached hydrogens (tertiary/aromatic N) is 3. The van der Waals surface area contributed by atoms with Gasteiger partial charge in [0.05, 0.1) is 30.4 Å². The minimum atomic E-state index is -5.03. The molecule has 2 heterocycles. The zero-order chi connectivity index (χ0) is 30.7. The molecule has 2 saturated heterocycles. The van der Waals surface area contributed by atoms with Crippen LogP contribution >= 0.6 is 24.8 Å². The van der Waals surface area contributed by atoms with E-state index in [2.05, 4.69) is 9.80 Å². The van der Waals surface area contributed by atoms with Crippen LogP contribution in [0.2, 0.25) is 0 Å². The molecule has 2 aromatic rings. The van der Waals surface area contributed by atoms with Gasteiger partial charge in [0.2, 0.25) is 0 Å². The quantitative estimate of drug-likeness (QED) is 0.327. The molecule has 0 unspecified atom stereocenters. The number of carbonyl (C=O) groups is 1. The molecule has 0 radical (unpaired) electrons. The van der Waals surface area contributed by atoms with E-state index in [0.717, 1.165) is 36.3 Å². The van der Waals surface area contributed by atoms with Gasteiger partial charge in [-0.2, -0.15) is 26.3 Å². The van der Waals surface area contributed by atoms with Gasteiger partial charge in [0.25, 0.3) is 5.91 Å². The molecule has 2 aromatic carbocycles. The van der Waals surface area contributed by atoms with Gasteiger partial charge < -0.3 is 14.4 Å². The average Bonchev–Trinajstić information content (AvgIpc) is 2.93. The van der Waals surface area contributed by atoms with Crippen molar-refractivity contribution in [1.29, 1.82) is 0 Å². The van der Waals surface area contributed by atoms with Gasteiger partial charge in [-0.3, -0.25) is 14.6 Å². The van der Waals surface area contributed by atoms with E-state index in [0.29, 0.717) is 51.4 Å². The van der Waals surface area contributed by atoms with Crippen LogP contribution in [-0.4, -0.2) is 98.9 Å². The Morgan fingerprint density at radius 2 is 1.48 bits per heavy atom. The fourth-order valence-corrected chi connectivity index (χ4v) is 5.56. The molecular formula is C30H39Cl2F6N3O3. The van der Waals surface area contributed by atoms with Crippen LogP contribution in [0, 0.1) is 13.8 Å². The first kappa shape index (κ1) is 38.1. The molecule has 2 aliphatic rings. The van der Waals surface area contributed by atoms with Gasteiger partial charge in [-0.1, -0.05) is 18.2 Å². The van der Waals surface area contributed by atoms with Gasteiger partial charge in [-0.25, -0.2) is 0 Å². The van der Waals surface area contributed by atoms with Gasteiger partial charge >= 0.3 is 12.4 Å². The Kier molecular flexibility index (Phi) is 13.8. The largest absolute Gasteiger partial charge is 0.416 e. The van der Waals surface area contributed by atoms with Crippen LogP contribution in [0.1, 0.15) is 38.2 Å². The molecule has 248 valence electrons. The van der Waals surface area contributed by atoms with Crippen molar-refractivity contribution in [1.82, 2.24) is 14.7 Å². The maximum atomic E-state index is 13.6. The van der Waals surface area contributed by atoms with E-state index in [9.17, 15) is 31.1 Å². The summed E-state index contributed by atoms with van der Waals surface area (Å²) < 4.78 is 92.0. The van der Waals surface area contributed by atoms with Crippen molar-refractivity contribution in [2.24, 2.45) is 0 Å². The minimum Gasteiger partial charge on any atom is -0.382 e. The van der Waals surface area contributed by atoms with Crippen LogP contribution in [-0.2, 0) is 28.2 Å². The Morgan fingerprint density at radius 1 is 0.864 bits per heavy atom. The molecule has 0 N–H and O–H groups in total. The molecule has 0 saturated carbocycles. The number of alkyl halides is 6. The van der Waals surface area contributed by atoms with Crippen LogP contribution in [0.25, 0.3) is 0 Å². The number of ether oxygens (including phenoxy) is 2. The molecule has 2 fully saturated rings. The molecule has 4 rings (SSSR count). The van der Waals surface area contributed by atoms with Gasteiger partial charge in [-0.05, 0) is 55.2 Å². The Morgan fingerprint density at radius 3 is 2.05 bits per heavy atom. The van der Waals surface area contributed by atoms with Crippen molar-refractivity contribution in [3.05, 3.63) is 69.8 Å². The highest BCUT2D eigenvalue weighted by Crippen LogP contribution is 2.37. The van der Waals surface area contributed by atoms with Crippen molar-refractivity contribution < 1.29 is 40.6 Å². The van der Waals surface area contributed by atoms with Crippen LogP contribution in [0.15, 0.2) is 36.4 Å². The normalized spacial score (nSPS) is 20.2. The maximum absolute atomic E-state index is 13.6. The predicted octanol–water partition coefficient (Wildman–Crippen LogP) is 5.90. The first-order valence-electron chi connectivity index (χ1n) is 14.0. The molecular weight excluding hydrogens is 635 g/mol. The van der Waals surface area contributed by atoms with Crippen LogP contribution < -0.4 is 0 Å². The standard InChI is InChI=1S/C30H37F6N3O3.2ClH/c1-20-4-5-22(12-21(20)2)13-26-17-37(6-7-38-10-11-42-27(18-38)19-41-3)8-9-39(26)28(40)23-14-24(29(31,32)33)16-25(15-23)30(34,35)36;;/h4-5,12,14-16,26-27H,6-11,13,17-19H2,1-3H3;2*1H/t26-,27+;;/m1../s1. The number of rotatable bonds is 8. The number of aryl methyl sites for hydroxylation is 2. The Labute approximate surface area is 266 Å². The Bertz CT molecular complexity index is 1210. The Balaban J connectivity index is 0.00000337. The number of benzene rings is 2. The predicted molar refractivity (Wildman–Crippen MR) is 160 cm³/mol. The van der Waals surface area contributed by atoms with Gasteiger partial charge in [0.15, 0.2) is 0 Å². The summed E-state index contributed by atoms with van der Waals surface area (Å²) in [6.45, 7) is 9.09. The minimum absolute atomic E-state index is 0. The molecule has 0 bridgehead atoms. The zero-order valence-electron chi connectivity index (χ0n) is 24.8. The van der Waals surface area contributed by atoms with E-state index in [1.54, 1.807) is 7.11 Å². The van der Waals surface area contributed by atoms with Gasteiger partial charge in [0.1, 0.15) is 0 Å². The summed E-state index contributed by atoms with van der Waals surface area (Å²) in [5.41, 5.74) is -0.516. The van der Waals surface area contributed by atoms with Crippen LogP contribution in [0.5, 0.6) is 0 Å². The third-order valence-corrected chi connectivity index (χ3v) is 8.01. The number of hydrogen-bond donors (Lipinski definition) is 0. The van der Waals surface area contributed by atoms with E-state index in [1.807, 2.05) is 32.0 Å². The zero-order valence-corrected chi connectivity index (χ0v) is 26.5. The maximum Gasteiger partial charge on any atom is 0.416 e. The second-order valence-corrected chi connectivity index (χ2v) is 11.1. The summed E-state index contributed by atoms with van der Waals surface area (Å²) in [4.78, 5) is 19.5. The SMILES string of the molecule is COC[C@@H]1CN(CCN2CCN(C(=O)c3cc(C(F)(F)F)cc(C(F)(F)F)c3)[C@H](Cc3ccc(C)c(C)c3)C2)CCO1.Cl.Cl. The third kappa shape index (κ3) is 9.95. The second-order valence-electron chi connectivity index (χ2n) is 11.1. The van der Waals surface area contributed by atoms with E-state index >= 15 is 0 Å². The number of hydrogen-bond acceptors (Lipinski definition) is 5. The first-order valence-corrected chi connectivity index (χ1v) is 14.0. The molecule has 44 heavy (non-hydrogen) atoms. The number of amides is 1. The number of methoxy groups -OCH3 is 1. The van der Waals surface area contributed by atoms with Crippen LogP contribution in [0.3, 0.4) is 0 Å². The van der Waals surface area contributed by atoms with E-state index < -0.39 is 41.0 Å². The summed E-state index contributed by atoms with van der Waals surface area (Å²) in [6, 6.07) is 6.56. The number of morpholine rings is 1. The van der Waals surface area contributed by atoms with E-state index in [1.165, 1.54) is 4.90 Å². The average molecular weight is 675 g/mol. The van der Waals surface area contributed by atoms with Crippen molar-refractivity contribution in [3.63, 3.8) is 0 Å². The fraction of sp³-hybridized carbons (Fsp3) is 0.567. The highest BCUT2D eigenvalue weighted by atomic mass is 35.5. The van der Waals surface area contributed by atoms with Crippen molar-refractivity contribution in [3.8, 4) is 0 Å². The summed E-state index contributed by atoms with van der Waals surface area (Å²) >= 11 is 0. The Hall–Kier alpha value is -2.09. The molecule has 6 nitrogen and oxygen atoms in total. The van der Waals surface area contributed by atoms with Crippen LogP contribution in [0.4, 0.5) is 26.3 Å². The first-order chi connectivity index (χ1) is 19.7. The smallest absolute Gasteiger partial charge is 0.382 e. The van der Waals surface area contributed by atoms with Gasteiger partial charge in [0, 0.05) is 64.5 Å². The molecule has 2 aliphatic heterocycles. The topological polar surface area (TPSA) is 45.2 Å². The highest BCUT2D eigenvalue weighted by molar-refractivity contribution is 5.95. The molecule has 1 amide bonds. The lowest BCUT2D eigenvalue weighted by atomic mass is 9.97. The summed E-state index contributed by atoms with van der Waals surface area (Å²) in [5, 5.41) is 0. The number of piperazine rings is 1. The molecule has 14 heteroatoms. The summed E-state index contributed by atoms with van der Waals surface area (Å²) in [6.07, 6.45) is -9.66.